The van der Waals surface area contributed by atoms with Crippen LogP contribution >= 0.6 is 11.3 Å². The van der Waals surface area contributed by atoms with Crippen LogP contribution in [-0.4, -0.2) is 36.1 Å². The second-order valence-corrected chi connectivity index (χ2v) is 7.99. The number of thiazole rings is 1. The van der Waals surface area contributed by atoms with Crippen LogP contribution < -0.4 is 10.1 Å². The van der Waals surface area contributed by atoms with Crippen LogP contribution in [0.15, 0.2) is 48.5 Å². The summed E-state index contributed by atoms with van der Waals surface area (Å²) in [5.74, 6) is 2.43. The minimum atomic E-state index is 0.699. The van der Waals surface area contributed by atoms with Gasteiger partial charge in [-0.25, -0.2) is 10.3 Å². The minimum absolute atomic E-state index is 0.699. The lowest BCUT2D eigenvalue weighted by atomic mass is 10.0. The van der Waals surface area contributed by atoms with Crippen molar-refractivity contribution in [2.45, 2.75) is 6.54 Å². The molecule has 3 aromatic rings. The zero-order chi connectivity index (χ0) is 16.6. The van der Waals surface area contributed by atoms with Gasteiger partial charge in [-0.2, -0.15) is 0 Å². The van der Waals surface area contributed by atoms with E-state index < -0.39 is 0 Å². The van der Waals surface area contributed by atoms with Crippen molar-refractivity contribution in [1.29, 1.82) is 0 Å². The van der Waals surface area contributed by atoms with Gasteiger partial charge < -0.3 is 4.74 Å². The second-order valence-electron chi connectivity index (χ2n) is 7.00. The average molecular weight is 350 g/mol. The normalized spacial score (nSPS) is 23.2. The van der Waals surface area contributed by atoms with E-state index in [1.807, 2.05) is 30.3 Å². The molecule has 2 aliphatic rings. The Morgan fingerprint density at radius 1 is 1.00 bits per heavy atom. The third-order valence-corrected chi connectivity index (χ3v) is 6.10. The Hall–Kier alpha value is -1.95. The van der Waals surface area contributed by atoms with Crippen LogP contribution in [-0.2, 0) is 6.54 Å². The van der Waals surface area contributed by atoms with Crippen LogP contribution in [0.3, 0.4) is 0 Å². The van der Waals surface area contributed by atoms with Crippen molar-refractivity contribution in [3.8, 4) is 10.9 Å². The zero-order valence-electron chi connectivity index (χ0n) is 14.0. The number of hydrogen-bond acceptors (Lipinski definition) is 4. The first-order valence-electron chi connectivity index (χ1n) is 8.81. The molecule has 2 saturated heterocycles. The Morgan fingerprint density at radius 3 is 2.52 bits per heavy atom. The fourth-order valence-electron chi connectivity index (χ4n) is 3.90. The number of benzene rings is 2. The van der Waals surface area contributed by atoms with E-state index >= 15 is 0 Å². The van der Waals surface area contributed by atoms with Crippen molar-refractivity contribution in [2.75, 3.05) is 26.2 Å². The van der Waals surface area contributed by atoms with Gasteiger partial charge in [0, 0.05) is 32.7 Å². The molecule has 1 aromatic heterocycles. The number of aromatic nitrogens is 1. The lowest BCUT2D eigenvalue weighted by molar-refractivity contribution is 0.305. The van der Waals surface area contributed by atoms with Gasteiger partial charge in [0.05, 0.1) is 10.2 Å². The largest absolute Gasteiger partial charge is 0.431 e. The number of ether oxygens (including phenoxy) is 1. The predicted molar refractivity (Wildman–Crippen MR) is 100 cm³/mol. The van der Waals surface area contributed by atoms with E-state index in [1.54, 1.807) is 11.3 Å². The summed E-state index contributed by atoms with van der Waals surface area (Å²) in [5, 5.41) is 5.23. The standard InChI is InChI=1S/C20H20N3OS/c1-2-4-19-18(3-1)22-20(25-19)24-17-7-5-14(6-8-17)11-23-12-15-9-21-10-16(15)13-23/h1-8,15-16H,9-13H2. The Labute approximate surface area is 151 Å². The number of para-hydroxylation sites is 1. The number of fused-ring (bicyclic) bond motifs is 2. The summed E-state index contributed by atoms with van der Waals surface area (Å²) < 4.78 is 7.08. The Kier molecular flexibility index (Phi) is 3.93. The molecule has 0 spiro atoms. The fraction of sp³-hybridized carbons (Fsp3) is 0.350. The SMILES string of the molecule is c1ccc2sc(Oc3ccc(CN4CC5C[N]CC5C4)cc3)nc2c1. The molecule has 0 N–H and O–H groups in total. The average Bonchev–Trinajstić information content (AvgIpc) is 3.30. The summed E-state index contributed by atoms with van der Waals surface area (Å²) in [6.07, 6.45) is 0. The molecule has 5 heteroatoms. The third kappa shape index (κ3) is 3.15. The van der Waals surface area contributed by atoms with Gasteiger partial charge in [-0.1, -0.05) is 35.6 Å². The van der Waals surface area contributed by atoms with Crippen LogP contribution in [0.1, 0.15) is 5.56 Å². The molecule has 2 atom stereocenters. The zero-order valence-corrected chi connectivity index (χ0v) is 14.8. The highest BCUT2D eigenvalue weighted by molar-refractivity contribution is 7.20. The highest BCUT2D eigenvalue weighted by Gasteiger charge is 2.36. The molecule has 0 amide bonds. The molecule has 2 aliphatic heterocycles. The molecule has 2 fully saturated rings. The van der Waals surface area contributed by atoms with Crippen LogP contribution in [0.2, 0.25) is 0 Å². The molecule has 5 rings (SSSR count). The van der Waals surface area contributed by atoms with Crippen LogP contribution in [0.25, 0.3) is 10.2 Å². The van der Waals surface area contributed by atoms with Gasteiger partial charge in [0.15, 0.2) is 0 Å². The summed E-state index contributed by atoms with van der Waals surface area (Å²) in [6, 6.07) is 16.5. The number of rotatable bonds is 4. The van der Waals surface area contributed by atoms with E-state index in [0.29, 0.717) is 5.19 Å². The molecule has 25 heavy (non-hydrogen) atoms. The van der Waals surface area contributed by atoms with Gasteiger partial charge in [0.2, 0.25) is 0 Å². The summed E-state index contributed by atoms with van der Waals surface area (Å²) in [7, 11) is 0. The smallest absolute Gasteiger partial charge is 0.279 e. The van der Waals surface area contributed by atoms with E-state index in [4.69, 9.17) is 4.74 Å². The topological polar surface area (TPSA) is 39.5 Å². The van der Waals surface area contributed by atoms with E-state index in [2.05, 4.69) is 33.4 Å². The maximum atomic E-state index is 5.93. The second kappa shape index (κ2) is 6.41. The van der Waals surface area contributed by atoms with Crippen molar-refractivity contribution in [3.05, 3.63) is 54.1 Å². The van der Waals surface area contributed by atoms with Gasteiger partial charge in [-0.3, -0.25) is 4.90 Å². The molecule has 0 aliphatic carbocycles. The van der Waals surface area contributed by atoms with E-state index in [-0.39, 0.29) is 0 Å². The molecular weight excluding hydrogens is 330 g/mol. The lowest BCUT2D eigenvalue weighted by Crippen LogP contribution is -2.23. The first-order chi connectivity index (χ1) is 12.3. The van der Waals surface area contributed by atoms with Crippen LogP contribution in [0.5, 0.6) is 10.9 Å². The summed E-state index contributed by atoms with van der Waals surface area (Å²) in [6.45, 7) is 5.54. The van der Waals surface area contributed by atoms with Gasteiger partial charge in [-0.05, 0) is 41.7 Å². The Morgan fingerprint density at radius 2 is 1.76 bits per heavy atom. The van der Waals surface area contributed by atoms with Gasteiger partial charge in [0.1, 0.15) is 5.75 Å². The summed E-state index contributed by atoms with van der Waals surface area (Å²) in [4.78, 5) is 7.09. The highest BCUT2D eigenvalue weighted by atomic mass is 32.1. The maximum absolute atomic E-state index is 5.93. The Bertz CT molecular complexity index is 831. The van der Waals surface area contributed by atoms with Crippen molar-refractivity contribution in [2.24, 2.45) is 11.8 Å². The predicted octanol–water partition coefficient (Wildman–Crippen LogP) is 3.75. The summed E-state index contributed by atoms with van der Waals surface area (Å²) >= 11 is 1.58. The molecule has 0 bridgehead atoms. The molecule has 3 heterocycles. The molecule has 0 saturated carbocycles. The quantitative estimate of drug-likeness (QED) is 0.719. The van der Waals surface area contributed by atoms with Crippen LogP contribution in [0, 0.1) is 11.8 Å². The van der Waals surface area contributed by atoms with E-state index in [9.17, 15) is 0 Å². The minimum Gasteiger partial charge on any atom is -0.431 e. The van der Waals surface area contributed by atoms with Crippen molar-refractivity contribution in [1.82, 2.24) is 15.2 Å². The maximum Gasteiger partial charge on any atom is 0.279 e. The monoisotopic (exact) mass is 350 g/mol. The molecular formula is C20H20N3OS. The summed E-state index contributed by atoms with van der Waals surface area (Å²) in [5.41, 5.74) is 2.33. The molecule has 127 valence electrons. The third-order valence-electron chi connectivity index (χ3n) is 5.19. The molecule has 2 unspecified atom stereocenters. The van der Waals surface area contributed by atoms with Gasteiger partial charge in [-0.15, -0.1) is 0 Å². The highest BCUT2D eigenvalue weighted by Crippen LogP contribution is 2.32. The van der Waals surface area contributed by atoms with Crippen molar-refractivity contribution in [3.63, 3.8) is 0 Å². The van der Waals surface area contributed by atoms with E-state index in [0.717, 1.165) is 47.4 Å². The fourth-order valence-corrected chi connectivity index (χ4v) is 4.74. The Balaban J connectivity index is 1.24. The van der Waals surface area contributed by atoms with Crippen molar-refractivity contribution >= 4 is 21.6 Å². The van der Waals surface area contributed by atoms with Crippen LogP contribution in [0.4, 0.5) is 0 Å². The van der Waals surface area contributed by atoms with Crippen molar-refractivity contribution < 1.29 is 4.74 Å². The van der Waals surface area contributed by atoms with Gasteiger partial charge in [0.25, 0.3) is 5.19 Å². The molecule has 4 nitrogen and oxygen atoms in total. The first-order valence-corrected chi connectivity index (χ1v) is 9.63. The first kappa shape index (κ1) is 15.3. The van der Waals surface area contributed by atoms with Gasteiger partial charge >= 0.3 is 0 Å². The molecule has 2 aromatic carbocycles. The number of nitrogens with zero attached hydrogens (tertiary/aromatic N) is 3. The molecule has 1 radical (unpaired) electrons. The number of hydrogen-bond donors (Lipinski definition) is 0. The van der Waals surface area contributed by atoms with E-state index in [1.165, 1.54) is 18.7 Å². The number of likely N-dealkylation sites (tertiary alicyclic amines) is 1. The lowest BCUT2D eigenvalue weighted by Gasteiger charge is -2.16.